The highest BCUT2D eigenvalue weighted by atomic mass is 35.5. The number of halogens is 4. The quantitative estimate of drug-likeness (QED) is 0.638. The monoisotopic (exact) mass is 386 g/mol. The number of hydrogen-bond donors (Lipinski definition) is 2. The number of unbranched alkanes of at least 4 members (excludes halogenated alkanes) is 1. The first-order chi connectivity index (χ1) is 10.8. The lowest BCUT2D eigenvalue weighted by molar-refractivity contribution is 0.0118. The van der Waals surface area contributed by atoms with E-state index < -0.39 is 24.9 Å². The molecule has 0 aliphatic heterocycles. The third-order valence-corrected chi connectivity index (χ3v) is 3.32. The van der Waals surface area contributed by atoms with Gasteiger partial charge in [0.15, 0.2) is 11.5 Å². The first-order valence-corrected chi connectivity index (χ1v) is 7.58. The lowest BCUT2D eigenvalue weighted by Gasteiger charge is -2.16. The maximum absolute atomic E-state index is 13.1. The van der Waals surface area contributed by atoms with Crippen LogP contribution < -0.4 is 20.5 Å². The molecule has 0 heterocycles. The smallest absolute Gasteiger partial charge is 0.277 e. The van der Waals surface area contributed by atoms with Crippen LogP contribution in [0.5, 0.6) is 11.5 Å². The van der Waals surface area contributed by atoms with Gasteiger partial charge in [0, 0.05) is 5.56 Å². The van der Waals surface area contributed by atoms with Crippen LogP contribution in [0.1, 0.15) is 30.1 Å². The summed E-state index contributed by atoms with van der Waals surface area (Å²) in [4.78, 5) is 12.0. The van der Waals surface area contributed by atoms with Crippen molar-refractivity contribution in [2.45, 2.75) is 25.7 Å². The molecule has 138 valence electrons. The summed E-state index contributed by atoms with van der Waals surface area (Å²) in [5.74, 6) is -3.26. The van der Waals surface area contributed by atoms with Crippen molar-refractivity contribution < 1.29 is 23.0 Å². The molecular weight excluding hydrogens is 365 g/mol. The molecule has 1 rings (SSSR count). The summed E-state index contributed by atoms with van der Waals surface area (Å²) in [5, 5.41) is 2.29. The molecule has 0 aliphatic rings. The summed E-state index contributed by atoms with van der Waals surface area (Å²) in [6.07, 6.45) is 1.80. The molecule has 0 radical (unpaired) electrons. The van der Waals surface area contributed by atoms with Crippen LogP contribution in [0.25, 0.3) is 0 Å². The number of benzene rings is 1. The highest BCUT2D eigenvalue weighted by molar-refractivity contribution is 6.32. The van der Waals surface area contributed by atoms with E-state index in [1.54, 1.807) is 0 Å². The summed E-state index contributed by atoms with van der Waals surface area (Å²) in [5.41, 5.74) is 5.02. The normalized spacial score (nSPS) is 10.8. The number of hydrogen-bond acceptors (Lipinski definition) is 4. The van der Waals surface area contributed by atoms with E-state index in [4.69, 9.17) is 26.8 Å². The Hall–Kier alpha value is -1.31. The fraction of sp³-hybridized carbons (Fsp3) is 0.533. The van der Waals surface area contributed by atoms with Crippen LogP contribution in [0.15, 0.2) is 12.1 Å². The first-order valence-electron chi connectivity index (χ1n) is 7.21. The summed E-state index contributed by atoms with van der Waals surface area (Å²) in [6, 6.07) is 2.74. The van der Waals surface area contributed by atoms with Gasteiger partial charge in [-0.1, -0.05) is 24.9 Å². The van der Waals surface area contributed by atoms with Crippen LogP contribution in [0.4, 0.5) is 8.78 Å². The van der Waals surface area contributed by atoms with Crippen molar-refractivity contribution in [2.24, 2.45) is 5.73 Å². The molecule has 0 unspecified atom stereocenters. The minimum absolute atomic E-state index is 0. The Morgan fingerprint density at radius 3 is 2.62 bits per heavy atom. The minimum Gasteiger partial charge on any atom is -0.493 e. The van der Waals surface area contributed by atoms with E-state index >= 15 is 0 Å². The van der Waals surface area contributed by atoms with E-state index in [0.717, 1.165) is 12.8 Å². The molecule has 0 aromatic heterocycles. The van der Waals surface area contributed by atoms with Gasteiger partial charge in [-0.15, -0.1) is 12.4 Å². The van der Waals surface area contributed by atoms with Gasteiger partial charge < -0.3 is 20.5 Å². The Morgan fingerprint density at radius 1 is 1.42 bits per heavy atom. The molecule has 3 N–H and O–H groups in total. The number of carbonyl (C=O) groups is 1. The second-order valence-corrected chi connectivity index (χ2v) is 5.34. The van der Waals surface area contributed by atoms with Crippen LogP contribution in [0.3, 0.4) is 0 Å². The van der Waals surface area contributed by atoms with Crippen molar-refractivity contribution in [1.82, 2.24) is 5.32 Å². The van der Waals surface area contributed by atoms with E-state index in [-0.39, 0.29) is 28.7 Å². The van der Waals surface area contributed by atoms with Crippen molar-refractivity contribution >= 4 is 29.9 Å². The van der Waals surface area contributed by atoms with Crippen LogP contribution >= 0.6 is 24.0 Å². The molecule has 1 aromatic rings. The average Bonchev–Trinajstić information content (AvgIpc) is 2.53. The molecule has 0 saturated heterocycles. The number of ether oxygens (including phenoxy) is 2. The molecule has 9 heteroatoms. The predicted molar refractivity (Wildman–Crippen MR) is 92.0 cm³/mol. The molecular formula is C15H22Cl2F2N2O3. The lowest BCUT2D eigenvalue weighted by Crippen LogP contribution is -2.41. The zero-order valence-corrected chi connectivity index (χ0v) is 15.1. The molecule has 0 spiro atoms. The number of nitrogens with one attached hydrogen (secondary N) is 1. The molecule has 24 heavy (non-hydrogen) atoms. The maximum atomic E-state index is 13.1. The van der Waals surface area contributed by atoms with Crippen LogP contribution in [0, 0.1) is 0 Å². The number of nitrogens with two attached hydrogens (primary N) is 1. The number of rotatable bonds is 9. The third kappa shape index (κ3) is 6.67. The molecule has 0 bridgehead atoms. The van der Waals surface area contributed by atoms with Gasteiger partial charge in [0.1, 0.15) is 0 Å². The largest absolute Gasteiger partial charge is 0.493 e. The lowest BCUT2D eigenvalue weighted by atomic mass is 10.1. The molecule has 1 amide bonds. The zero-order chi connectivity index (χ0) is 17.5. The predicted octanol–water partition coefficient (Wildman–Crippen LogP) is 3.27. The van der Waals surface area contributed by atoms with Crippen molar-refractivity contribution in [1.29, 1.82) is 0 Å². The SMILES string of the molecule is CCCCOc1c(Cl)cc(C(=O)NCC(F)(F)CN)cc1OC.Cl. The summed E-state index contributed by atoms with van der Waals surface area (Å²) in [6.45, 7) is 0.784. The maximum Gasteiger partial charge on any atom is 0.277 e. The summed E-state index contributed by atoms with van der Waals surface area (Å²) < 4.78 is 36.9. The van der Waals surface area contributed by atoms with Gasteiger partial charge in [-0.25, -0.2) is 8.78 Å². The summed E-state index contributed by atoms with van der Waals surface area (Å²) >= 11 is 6.10. The molecule has 0 saturated carbocycles. The first kappa shape index (κ1) is 22.7. The Morgan fingerprint density at radius 2 is 2.08 bits per heavy atom. The number of alkyl halides is 2. The molecule has 0 aliphatic carbocycles. The number of amides is 1. The van der Waals surface area contributed by atoms with Crippen molar-refractivity contribution in [2.75, 3.05) is 26.8 Å². The van der Waals surface area contributed by atoms with Crippen molar-refractivity contribution in [3.05, 3.63) is 22.7 Å². The minimum atomic E-state index is -3.16. The Balaban J connectivity index is 0.00000529. The van der Waals surface area contributed by atoms with E-state index in [2.05, 4.69) is 5.32 Å². The standard InChI is InChI=1S/C15H21ClF2N2O3.ClH/c1-3-4-5-23-13-11(16)6-10(7-12(13)22-2)14(21)20-9-15(17,18)8-19;/h6-7H,3-5,8-9,19H2,1-2H3,(H,20,21);1H. The highest BCUT2D eigenvalue weighted by Crippen LogP contribution is 2.36. The fourth-order valence-corrected chi connectivity index (χ4v) is 1.96. The van der Waals surface area contributed by atoms with Gasteiger partial charge in [-0.3, -0.25) is 4.79 Å². The molecule has 0 atom stereocenters. The van der Waals surface area contributed by atoms with Crippen LogP contribution in [-0.4, -0.2) is 38.6 Å². The molecule has 0 fully saturated rings. The second-order valence-electron chi connectivity index (χ2n) is 4.93. The van der Waals surface area contributed by atoms with Crippen LogP contribution in [0.2, 0.25) is 5.02 Å². The van der Waals surface area contributed by atoms with E-state index in [9.17, 15) is 13.6 Å². The zero-order valence-electron chi connectivity index (χ0n) is 13.5. The van der Waals surface area contributed by atoms with Crippen LogP contribution in [-0.2, 0) is 0 Å². The highest BCUT2D eigenvalue weighted by Gasteiger charge is 2.27. The van der Waals surface area contributed by atoms with E-state index in [0.29, 0.717) is 12.4 Å². The Bertz CT molecular complexity index is 546. The number of methoxy groups -OCH3 is 1. The summed E-state index contributed by atoms with van der Waals surface area (Å²) in [7, 11) is 1.41. The van der Waals surface area contributed by atoms with Gasteiger partial charge in [0.25, 0.3) is 11.8 Å². The van der Waals surface area contributed by atoms with E-state index in [1.807, 2.05) is 6.92 Å². The fourth-order valence-electron chi connectivity index (χ4n) is 1.69. The van der Waals surface area contributed by atoms with Gasteiger partial charge in [0.05, 0.1) is 31.8 Å². The third-order valence-electron chi connectivity index (χ3n) is 3.04. The van der Waals surface area contributed by atoms with Gasteiger partial charge in [-0.05, 0) is 18.6 Å². The van der Waals surface area contributed by atoms with Gasteiger partial charge in [-0.2, -0.15) is 0 Å². The Labute approximate surface area is 151 Å². The number of carbonyl (C=O) groups excluding carboxylic acids is 1. The van der Waals surface area contributed by atoms with Gasteiger partial charge >= 0.3 is 0 Å². The Kier molecular flexibility index (Phi) is 9.96. The van der Waals surface area contributed by atoms with Crippen molar-refractivity contribution in [3.63, 3.8) is 0 Å². The molecule has 1 aromatic carbocycles. The van der Waals surface area contributed by atoms with Crippen molar-refractivity contribution in [3.8, 4) is 11.5 Å². The average molecular weight is 387 g/mol. The molecule has 5 nitrogen and oxygen atoms in total. The van der Waals surface area contributed by atoms with Gasteiger partial charge in [0.2, 0.25) is 0 Å². The van der Waals surface area contributed by atoms with E-state index in [1.165, 1.54) is 19.2 Å². The second kappa shape index (κ2) is 10.5. The topological polar surface area (TPSA) is 73.6 Å².